The molecule has 0 N–H and O–H groups in total. The van der Waals surface area contributed by atoms with Crippen molar-refractivity contribution in [1.29, 1.82) is 0 Å². The minimum Gasteiger partial charge on any atom is -0.439 e. The van der Waals surface area contributed by atoms with E-state index in [2.05, 4.69) is 14.5 Å². The topological polar surface area (TPSA) is 84.2 Å². The summed E-state index contributed by atoms with van der Waals surface area (Å²) in [4.78, 5) is 4.32. The fourth-order valence-corrected chi connectivity index (χ4v) is 3.68. The normalized spacial score (nSPS) is 18.3. The van der Waals surface area contributed by atoms with Crippen LogP contribution >= 0.6 is 0 Å². The number of para-hydroxylation sites is 1. The van der Waals surface area contributed by atoms with E-state index in [0.717, 1.165) is 11.3 Å². The number of amidine groups is 1. The Bertz CT molecular complexity index is 1030. The van der Waals surface area contributed by atoms with Crippen molar-refractivity contribution in [2.24, 2.45) is 9.50 Å². The van der Waals surface area contributed by atoms with Crippen LogP contribution in [0.4, 0.5) is 0 Å². The summed E-state index contributed by atoms with van der Waals surface area (Å²) < 4.78 is 33.4. The molecule has 0 bridgehead atoms. The van der Waals surface area contributed by atoms with Gasteiger partial charge in [-0.1, -0.05) is 18.2 Å². The minimum atomic E-state index is -3.47. The van der Waals surface area contributed by atoms with Crippen molar-refractivity contribution in [3.63, 3.8) is 0 Å². The number of ether oxygens (including phenoxy) is 1. The predicted octanol–water partition coefficient (Wildman–Crippen LogP) is 2.69. The molecule has 26 heavy (non-hydrogen) atoms. The van der Waals surface area contributed by atoms with Crippen LogP contribution < -0.4 is 4.74 Å². The number of hydrazone groups is 1. The molecule has 7 nitrogen and oxygen atoms in total. The number of benzene rings is 1. The lowest BCUT2D eigenvalue weighted by Gasteiger charge is -2.29. The summed E-state index contributed by atoms with van der Waals surface area (Å²) >= 11 is 0. The van der Waals surface area contributed by atoms with Gasteiger partial charge in [-0.25, -0.2) is 18.4 Å². The van der Waals surface area contributed by atoms with Crippen molar-refractivity contribution < 1.29 is 13.2 Å². The van der Waals surface area contributed by atoms with E-state index >= 15 is 0 Å². The highest BCUT2D eigenvalue weighted by Crippen LogP contribution is 2.27. The summed E-state index contributed by atoms with van der Waals surface area (Å²) in [6.07, 6.45) is 3.45. The highest BCUT2D eigenvalue weighted by molar-refractivity contribution is 7.90. The third kappa shape index (κ3) is 3.36. The van der Waals surface area contributed by atoms with Crippen molar-refractivity contribution >= 4 is 27.1 Å². The molecule has 1 aromatic heterocycles. The lowest BCUT2D eigenvalue weighted by molar-refractivity contribution is 0.460. The number of allylic oxidation sites excluding steroid dienone is 1. The maximum absolute atomic E-state index is 11.9. The monoisotopic (exact) mass is 368 g/mol. The van der Waals surface area contributed by atoms with Crippen LogP contribution in [0.1, 0.15) is 12.5 Å². The number of hydrogen-bond acceptors (Lipinski definition) is 6. The molecule has 0 unspecified atom stereocenters. The van der Waals surface area contributed by atoms with Crippen LogP contribution in [0.25, 0.3) is 5.57 Å². The van der Waals surface area contributed by atoms with Gasteiger partial charge in [0.05, 0.1) is 18.0 Å². The van der Waals surface area contributed by atoms with E-state index in [9.17, 15) is 8.42 Å². The molecule has 0 amide bonds. The standard InChI is InChI=1S/C18H16N4O3S/c1-13-11-16(18-21-26(23,24)10-9-22(18)20-13)14-7-8-17(19-12-14)25-15-5-3-2-4-6-15/h2-8,11-12H,9-10H2,1H3. The van der Waals surface area contributed by atoms with Gasteiger partial charge in [-0.2, -0.15) is 5.10 Å². The van der Waals surface area contributed by atoms with Gasteiger partial charge in [0.15, 0.2) is 5.84 Å². The molecule has 2 aliphatic rings. The average molecular weight is 368 g/mol. The van der Waals surface area contributed by atoms with E-state index in [-0.39, 0.29) is 5.75 Å². The second-order valence-electron chi connectivity index (χ2n) is 5.92. The highest BCUT2D eigenvalue weighted by Gasteiger charge is 2.29. The molecule has 0 radical (unpaired) electrons. The third-order valence-corrected chi connectivity index (χ3v) is 5.07. The van der Waals surface area contributed by atoms with Crippen molar-refractivity contribution in [3.05, 3.63) is 60.3 Å². The molecule has 0 spiro atoms. The second kappa shape index (κ2) is 6.38. The van der Waals surface area contributed by atoms with Crippen LogP contribution in [0, 0.1) is 0 Å². The number of aromatic nitrogens is 1. The van der Waals surface area contributed by atoms with Crippen molar-refractivity contribution in [3.8, 4) is 11.6 Å². The molecule has 0 saturated heterocycles. The van der Waals surface area contributed by atoms with E-state index in [0.29, 0.717) is 29.6 Å². The molecule has 0 fully saturated rings. The summed E-state index contributed by atoms with van der Waals surface area (Å²) in [6.45, 7) is 2.15. The Kier molecular flexibility index (Phi) is 4.04. The maximum atomic E-state index is 11.9. The van der Waals surface area contributed by atoms with Gasteiger partial charge in [-0.15, -0.1) is 4.40 Å². The molecule has 8 heteroatoms. The zero-order valence-electron chi connectivity index (χ0n) is 14.0. The molecular weight excluding hydrogens is 352 g/mol. The number of fused-ring (bicyclic) bond motifs is 1. The summed E-state index contributed by atoms with van der Waals surface area (Å²) in [6, 6.07) is 12.9. The molecule has 1 aromatic carbocycles. The van der Waals surface area contributed by atoms with Crippen molar-refractivity contribution in [2.75, 3.05) is 12.3 Å². The van der Waals surface area contributed by atoms with Gasteiger partial charge < -0.3 is 4.74 Å². The van der Waals surface area contributed by atoms with Gasteiger partial charge in [-0.3, -0.25) is 0 Å². The maximum Gasteiger partial charge on any atom is 0.256 e. The lowest BCUT2D eigenvalue weighted by Crippen LogP contribution is -2.39. The number of sulfonamides is 1. The van der Waals surface area contributed by atoms with Crippen LogP contribution in [0.2, 0.25) is 0 Å². The number of pyridine rings is 1. The van der Waals surface area contributed by atoms with Crippen molar-refractivity contribution in [1.82, 2.24) is 9.99 Å². The van der Waals surface area contributed by atoms with E-state index in [1.807, 2.05) is 49.4 Å². The zero-order chi connectivity index (χ0) is 18.1. The molecular formula is C18H16N4O3S. The quantitative estimate of drug-likeness (QED) is 0.832. The summed E-state index contributed by atoms with van der Waals surface area (Å²) in [7, 11) is -3.47. The van der Waals surface area contributed by atoms with Crippen molar-refractivity contribution in [2.45, 2.75) is 6.92 Å². The van der Waals surface area contributed by atoms with Crippen LogP contribution in [0.15, 0.2) is 64.2 Å². The Morgan fingerprint density at radius 2 is 1.92 bits per heavy atom. The summed E-state index contributed by atoms with van der Waals surface area (Å²) in [5.41, 5.74) is 2.21. The van der Waals surface area contributed by atoms with Crippen LogP contribution in [-0.4, -0.2) is 42.3 Å². The zero-order valence-corrected chi connectivity index (χ0v) is 14.8. The van der Waals surface area contributed by atoms with E-state index < -0.39 is 10.0 Å². The smallest absolute Gasteiger partial charge is 0.256 e. The Labute approximate surface area is 151 Å². The van der Waals surface area contributed by atoms with Gasteiger partial charge >= 0.3 is 0 Å². The summed E-state index contributed by atoms with van der Waals surface area (Å²) in [5.74, 6) is 1.45. The second-order valence-corrected chi connectivity index (χ2v) is 7.68. The van der Waals surface area contributed by atoms with Gasteiger partial charge in [0.25, 0.3) is 10.0 Å². The largest absolute Gasteiger partial charge is 0.439 e. The molecule has 4 rings (SSSR count). The molecule has 0 atom stereocenters. The average Bonchev–Trinajstić information content (AvgIpc) is 2.63. The van der Waals surface area contributed by atoms with E-state index in [1.165, 1.54) is 0 Å². The first kappa shape index (κ1) is 16.5. The SMILES string of the molecule is CC1=NN2CCS(=O)(=O)N=C2C(c2ccc(Oc3ccccc3)nc2)=C1. The molecule has 2 aromatic rings. The molecule has 2 aliphatic heterocycles. The Morgan fingerprint density at radius 1 is 1.12 bits per heavy atom. The Balaban J connectivity index is 1.66. The van der Waals surface area contributed by atoms with Gasteiger partial charge in [0.2, 0.25) is 5.88 Å². The van der Waals surface area contributed by atoms with E-state index in [1.54, 1.807) is 17.3 Å². The first-order valence-corrected chi connectivity index (χ1v) is 9.68. The van der Waals surface area contributed by atoms with Gasteiger partial charge in [0.1, 0.15) is 5.75 Å². The number of nitrogens with zero attached hydrogens (tertiary/aromatic N) is 4. The van der Waals surface area contributed by atoms with Crippen LogP contribution in [0.5, 0.6) is 11.6 Å². The first-order valence-electron chi connectivity index (χ1n) is 8.07. The highest BCUT2D eigenvalue weighted by atomic mass is 32.2. The van der Waals surface area contributed by atoms with Crippen LogP contribution in [-0.2, 0) is 10.0 Å². The molecule has 0 aliphatic carbocycles. The molecule has 3 heterocycles. The first-order chi connectivity index (χ1) is 12.5. The molecule has 132 valence electrons. The van der Waals surface area contributed by atoms with Gasteiger partial charge in [0, 0.05) is 23.4 Å². The fraction of sp³-hybridized carbons (Fsp3) is 0.167. The summed E-state index contributed by atoms with van der Waals surface area (Å²) in [5, 5.41) is 5.98. The fourth-order valence-electron chi connectivity index (χ4n) is 2.73. The lowest BCUT2D eigenvalue weighted by atomic mass is 10.0. The number of hydrogen-bond donors (Lipinski definition) is 0. The predicted molar refractivity (Wildman–Crippen MR) is 99.8 cm³/mol. The van der Waals surface area contributed by atoms with Crippen LogP contribution in [0.3, 0.4) is 0 Å². The van der Waals surface area contributed by atoms with Gasteiger partial charge in [-0.05, 0) is 31.2 Å². The van der Waals surface area contributed by atoms with E-state index in [4.69, 9.17) is 4.74 Å². The molecule has 0 saturated carbocycles. The number of rotatable bonds is 3. The third-order valence-electron chi connectivity index (χ3n) is 3.92. The Morgan fingerprint density at radius 3 is 2.65 bits per heavy atom. The minimum absolute atomic E-state index is 0.0390. The Hall–Kier alpha value is -3.00.